The van der Waals surface area contributed by atoms with Crippen LogP contribution in [0.15, 0.2) is 60.7 Å². The van der Waals surface area contributed by atoms with Crippen LogP contribution in [0, 0.1) is 0 Å². The van der Waals surface area contributed by atoms with Gasteiger partial charge < -0.3 is 23.1 Å². The molecule has 2 aromatic carbocycles. The van der Waals surface area contributed by atoms with E-state index in [-0.39, 0.29) is 0 Å². The minimum Gasteiger partial charge on any atom is -0.373 e. The van der Waals surface area contributed by atoms with E-state index in [0.29, 0.717) is 6.61 Å². The molecule has 1 unspecified atom stereocenters. The Morgan fingerprint density at radius 1 is 0.760 bits per heavy atom. The molecule has 0 aliphatic heterocycles. The summed E-state index contributed by atoms with van der Waals surface area (Å²) in [5.74, 6) is 0. The summed E-state index contributed by atoms with van der Waals surface area (Å²) < 4.78 is 33.8. The van der Waals surface area contributed by atoms with Crippen LogP contribution >= 0.6 is 0 Å². The first-order valence-electron chi connectivity index (χ1n) is 7.78. The summed E-state index contributed by atoms with van der Waals surface area (Å²) >= 11 is 0. The van der Waals surface area contributed by atoms with Gasteiger partial charge in [-0.05, 0) is 5.56 Å². The van der Waals surface area contributed by atoms with Crippen LogP contribution in [0.3, 0.4) is 0 Å². The van der Waals surface area contributed by atoms with Gasteiger partial charge in [0.05, 0.1) is 6.61 Å². The van der Waals surface area contributed by atoms with Crippen molar-refractivity contribution >= 4 is 14.0 Å². The summed E-state index contributed by atoms with van der Waals surface area (Å²) in [5.41, 5.74) is 0.994. The van der Waals surface area contributed by atoms with Crippen molar-refractivity contribution in [2.45, 2.75) is 12.8 Å². The molecule has 0 radical (unpaired) electrons. The molecule has 0 saturated carbocycles. The van der Waals surface area contributed by atoms with E-state index in [9.17, 15) is 0 Å². The molecule has 1 atom stereocenters. The summed E-state index contributed by atoms with van der Waals surface area (Å²) in [5, 5.41) is 0.768. The predicted octanol–water partition coefficient (Wildman–Crippen LogP) is 2.26. The van der Waals surface area contributed by atoms with Gasteiger partial charge in [-0.2, -0.15) is 0 Å². The zero-order valence-corrected chi connectivity index (χ0v) is 15.9. The molecule has 0 fully saturated rings. The molecule has 0 saturated heterocycles. The molecular formula is C18H24O6Si. The van der Waals surface area contributed by atoms with Crippen molar-refractivity contribution in [3.8, 4) is 0 Å². The van der Waals surface area contributed by atoms with Crippen LogP contribution in [-0.4, -0.2) is 43.4 Å². The summed E-state index contributed by atoms with van der Waals surface area (Å²) in [4.78, 5) is 0. The summed E-state index contributed by atoms with van der Waals surface area (Å²) in [6.07, 6.45) is -1.73. The van der Waals surface area contributed by atoms with Gasteiger partial charge in [0.25, 0.3) is 0 Å². The van der Waals surface area contributed by atoms with Gasteiger partial charge in [0.1, 0.15) is 0 Å². The highest BCUT2D eigenvalue weighted by Crippen LogP contribution is 2.23. The molecule has 2 aromatic rings. The lowest BCUT2D eigenvalue weighted by Gasteiger charge is -2.36. The first-order valence-corrected chi connectivity index (χ1v) is 9.50. The molecule has 0 heterocycles. The zero-order valence-electron chi connectivity index (χ0n) is 14.9. The second-order valence-corrected chi connectivity index (χ2v) is 7.71. The second kappa shape index (κ2) is 9.21. The molecular weight excluding hydrogens is 340 g/mol. The van der Waals surface area contributed by atoms with Crippen molar-refractivity contribution in [1.82, 2.24) is 0 Å². The van der Waals surface area contributed by atoms with Crippen molar-refractivity contribution in [2.75, 3.05) is 28.4 Å². The number of hydrogen-bond acceptors (Lipinski definition) is 6. The van der Waals surface area contributed by atoms with Crippen LogP contribution in [-0.2, 0) is 34.1 Å². The fraction of sp³-hybridized carbons (Fsp3) is 0.333. The monoisotopic (exact) mass is 364 g/mol. The van der Waals surface area contributed by atoms with Crippen molar-refractivity contribution in [2.24, 2.45) is 0 Å². The Kier molecular flexibility index (Phi) is 7.27. The Labute approximate surface area is 149 Å². The fourth-order valence-corrected chi connectivity index (χ4v) is 4.64. The molecule has 0 aromatic heterocycles. The summed E-state index contributed by atoms with van der Waals surface area (Å²) in [7, 11) is 2.40. The van der Waals surface area contributed by atoms with Gasteiger partial charge in [0.2, 0.25) is 0 Å². The molecule has 136 valence electrons. The van der Waals surface area contributed by atoms with E-state index < -0.39 is 15.0 Å². The highest BCUT2D eigenvalue weighted by molar-refractivity contribution is 6.75. The van der Waals surface area contributed by atoms with Crippen molar-refractivity contribution in [3.05, 3.63) is 66.2 Å². The number of rotatable bonds is 10. The zero-order chi connectivity index (χ0) is 18.2. The Morgan fingerprint density at radius 2 is 1.28 bits per heavy atom. The van der Waals surface area contributed by atoms with Gasteiger partial charge in [-0.3, -0.25) is 4.43 Å². The first-order chi connectivity index (χ1) is 12.1. The molecule has 25 heavy (non-hydrogen) atoms. The van der Waals surface area contributed by atoms with E-state index in [1.165, 1.54) is 28.4 Å². The molecule has 0 amide bonds. The highest BCUT2D eigenvalue weighted by atomic mass is 28.4. The summed E-state index contributed by atoms with van der Waals surface area (Å²) in [6.45, 7) is 0.309. The van der Waals surface area contributed by atoms with E-state index in [4.69, 9.17) is 27.5 Å². The third-order valence-corrected chi connectivity index (χ3v) is 6.30. The molecule has 0 aliphatic carbocycles. The summed E-state index contributed by atoms with van der Waals surface area (Å²) in [6, 6.07) is 19.2. The number of methoxy groups -OCH3 is 3. The molecule has 0 bridgehead atoms. The minimum absolute atomic E-state index is 0.309. The number of benzene rings is 2. The topological polar surface area (TPSA) is 55.4 Å². The maximum Gasteiger partial charge on any atom is 0.543 e. The van der Waals surface area contributed by atoms with Gasteiger partial charge in [-0.1, -0.05) is 60.7 Å². The molecule has 7 heteroatoms. The van der Waals surface area contributed by atoms with E-state index >= 15 is 0 Å². The second-order valence-electron chi connectivity index (χ2n) is 5.12. The first kappa shape index (κ1) is 19.7. The lowest BCUT2D eigenvalue weighted by Crippen LogP contribution is -2.62. The Balaban J connectivity index is 2.35. The van der Waals surface area contributed by atoms with E-state index in [2.05, 4.69) is 0 Å². The minimum atomic E-state index is -3.40. The molecule has 0 spiro atoms. The number of ether oxygens (including phenoxy) is 3. The standard InChI is InChI=1S/C18H24O6Si/c1-19-18(20-2,21-3)24-25(22-4,17-13-9-6-10-14-17)23-15-16-11-7-5-8-12-16/h5-14H,15H2,1-4H3. The van der Waals surface area contributed by atoms with Crippen LogP contribution < -0.4 is 5.19 Å². The largest absolute Gasteiger partial charge is 0.543 e. The highest BCUT2D eigenvalue weighted by Gasteiger charge is 2.52. The van der Waals surface area contributed by atoms with Gasteiger partial charge in [-0.25, -0.2) is 0 Å². The van der Waals surface area contributed by atoms with Gasteiger partial charge >= 0.3 is 15.0 Å². The average Bonchev–Trinajstić information content (AvgIpc) is 2.70. The van der Waals surface area contributed by atoms with E-state index in [0.717, 1.165) is 10.8 Å². The predicted molar refractivity (Wildman–Crippen MR) is 94.9 cm³/mol. The van der Waals surface area contributed by atoms with Crippen LogP contribution in [0.1, 0.15) is 5.56 Å². The van der Waals surface area contributed by atoms with E-state index in [1.807, 2.05) is 60.7 Å². The van der Waals surface area contributed by atoms with Crippen LogP contribution in [0.2, 0.25) is 0 Å². The third kappa shape index (κ3) is 4.74. The molecule has 6 nitrogen and oxygen atoms in total. The lowest BCUT2D eigenvalue weighted by atomic mass is 10.2. The fourth-order valence-electron chi connectivity index (χ4n) is 2.32. The quantitative estimate of drug-likeness (QED) is 0.476. The smallest absolute Gasteiger partial charge is 0.373 e. The van der Waals surface area contributed by atoms with Gasteiger partial charge in [-0.15, -0.1) is 0 Å². The van der Waals surface area contributed by atoms with Crippen molar-refractivity contribution in [3.63, 3.8) is 0 Å². The normalized spacial score (nSPS) is 14.2. The Hall–Kier alpha value is -1.58. The third-order valence-electron chi connectivity index (χ3n) is 3.68. The SMILES string of the molecule is COC(OC)(OC)O[Si](OC)(OCc1ccccc1)c1ccccc1. The maximum absolute atomic E-state index is 6.17. The van der Waals surface area contributed by atoms with E-state index in [1.54, 1.807) is 0 Å². The number of hydrogen-bond donors (Lipinski definition) is 0. The average molecular weight is 364 g/mol. The van der Waals surface area contributed by atoms with Gasteiger partial charge in [0.15, 0.2) is 0 Å². The Morgan fingerprint density at radius 3 is 1.76 bits per heavy atom. The molecule has 2 rings (SSSR count). The van der Waals surface area contributed by atoms with Crippen LogP contribution in [0.5, 0.6) is 0 Å². The lowest BCUT2D eigenvalue weighted by molar-refractivity contribution is -0.459. The molecule has 0 N–H and O–H groups in total. The molecule has 0 aliphatic rings. The van der Waals surface area contributed by atoms with Crippen LogP contribution in [0.25, 0.3) is 0 Å². The Bertz CT molecular complexity index is 612. The van der Waals surface area contributed by atoms with Crippen molar-refractivity contribution < 1.29 is 27.5 Å². The maximum atomic E-state index is 6.17. The van der Waals surface area contributed by atoms with Gasteiger partial charge in [0, 0.05) is 33.6 Å². The van der Waals surface area contributed by atoms with Crippen LogP contribution in [0.4, 0.5) is 0 Å². The van der Waals surface area contributed by atoms with Crippen molar-refractivity contribution in [1.29, 1.82) is 0 Å².